The fourth-order valence-electron chi connectivity index (χ4n) is 2.98. The number of halogens is 1. The highest BCUT2D eigenvalue weighted by molar-refractivity contribution is 14.0. The van der Waals surface area contributed by atoms with E-state index in [-0.39, 0.29) is 24.0 Å². The van der Waals surface area contributed by atoms with E-state index in [1.54, 1.807) is 7.11 Å². The molecule has 0 radical (unpaired) electrons. The number of aliphatic imine (C=N–C) groups is 1. The number of para-hydroxylation sites is 1. The summed E-state index contributed by atoms with van der Waals surface area (Å²) < 4.78 is 5.39. The highest BCUT2D eigenvalue weighted by Crippen LogP contribution is 2.17. The Morgan fingerprint density at radius 2 is 2.00 bits per heavy atom. The maximum Gasteiger partial charge on any atom is 0.191 e. The van der Waals surface area contributed by atoms with E-state index in [9.17, 15) is 0 Å². The zero-order valence-electron chi connectivity index (χ0n) is 15.8. The lowest BCUT2D eigenvalue weighted by Gasteiger charge is -2.37. The molecule has 1 aliphatic rings. The Morgan fingerprint density at radius 1 is 1.24 bits per heavy atom. The van der Waals surface area contributed by atoms with E-state index in [1.165, 1.54) is 5.56 Å². The van der Waals surface area contributed by atoms with Crippen molar-refractivity contribution in [2.45, 2.75) is 12.5 Å². The zero-order valence-corrected chi connectivity index (χ0v) is 18.1. The molecule has 1 heterocycles. The van der Waals surface area contributed by atoms with Gasteiger partial charge in [-0.3, -0.25) is 9.89 Å². The van der Waals surface area contributed by atoms with E-state index in [1.807, 2.05) is 25.2 Å². The van der Waals surface area contributed by atoms with E-state index < -0.39 is 0 Å². The van der Waals surface area contributed by atoms with Gasteiger partial charge in [0, 0.05) is 45.8 Å². The quantitative estimate of drug-likeness (QED) is 0.380. The van der Waals surface area contributed by atoms with Crippen LogP contribution in [-0.4, -0.2) is 82.8 Å². The Morgan fingerprint density at radius 3 is 2.72 bits per heavy atom. The van der Waals surface area contributed by atoms with Gasteiger partial charge in [-0.25, -0.2) is 0 Å². The molecule has 0 aromatic heterocycles. The Hall–Kier alpha value is -1.06. The second-order valence-corrected chi connectivity index (χ2v) is 6.34. The fraction of sp³-hybridized carbons (Fsp3) is 0.611. The molecule has 0 saturated carbocycles. The molecule has 142 valence electrons. The van der Waals surface area contributed by atoms with E-state index in [0.717, 1.165) is 50.9 Å². The van der Waals surface area contributed by atoms with Crippen LogP contribution in [0.4, 0.5) is 0 Å². The first kappa shape index (κ1) is 22.0. The normalized spacial score (nSPS) is 19.2. The second kappa shape index (κ2) is 11.5. The van der Waals surface area contributed by atoms with E-state index in [2.05, 4.69) is 45.6 Å². The molecule has 0 spiro atoms. The van der Waals surface area contributed by atoms with Crippen molar-refractivity contribution in [1.82, 2.24) is 20.4 Å². The molecule has 1 fully saturated rings. The molecule has 0 bridgehead atoms. The first-order chi connectivity index (χ1) is 11.6. The standard InChI is InChI=1S/C18H31N5O.HI/c1-19-18(21-13-16-14-22(2)11-12-23(16)3)20-10-9-15-7-5-6-8-17(15)24-4;/h5-8,16H,9-14H2,1-4H3,(H2,19,20,21);1H. The Balaban J connectivity index is 0.00000312. The van der Waals surface area contributed by atoms with Crippen molar-refractivity contribution < 1.29 is 4.74 Å². The topological polar surface area (TPSA) is 52.1 Å². The summed E-state index contributed by atoms with van der Waals surface area (Å²) >= 11 is 0. The number of nitrogens with zero attached hydrogens (tertiary/aromatic N) is 3. The van der Waals surface area contributed by atoms with Crippen molar-refractivity contribution in [3.63, 3.8) is 0 Å². The summed E-state index contributed by atoms with van der Waals surface area (Å²) in [6, 6.07) is 8.65. The number of guanidine groups is 1. The third-order valence-corrected chi connectivity index (χ3v) is 4.59. The number of likely N-dealkylation sites (N-methyl/N-ethyl adjacent to an activating group) is 2. The minimum absolute atomic E-state index is 0. The van der Waals surface area contributed by atoms with Gasteiger partial charge in [0.25, 0.3) is 0 Å². The van der Waals surface area contributed by atoms with Gasteiger partial charge >= 0.3 is 0 Å². The van der Waals surface area contributed by atoms with Gasteiger partial charge < -0.3 is 20.3 Å². The molecule has 1 aromatic carbocycles. The monoisotopic (exact) mass is 461 g/mol. The lowest BCUT2D eigenvalue weighted by atomic mass is 10.1. The molecule has 1 aromatic rings. The maximum atomic E-state index is 5.39. The van der Waals surface area contributed by atoms with Gasteiger partial charge in [-0.2, -0.15) is 0 Å². The second-order valence-electron chi connectivity index (χ2n) is 6.34. The summed E-state index contributed by atoms with van der Waals surface area (Å²) in [5.74, 6) is 1.79. The van der Waals surface area contributed by atoms with Crippen LogP contribution >= 0.6 is 24.0 Å². The molecule has 1 atom stereocenters. The number of hydrogen-bond acceptors (Lipinski definition) is 4. The first-order valence-electron chi connectivity index (χ1n) is 8.59. The van der Waals surface area contributed by atoms with Crippen LogP contribution in [0, 0.1) is 0 Å². The van der Waals surface area contributed by atoms with Crippen molar-refractivity contribution in [2.24, 2.45) is 4.99 Å². The van der Waals surface area contributed by atoms with E-state index in [4.69, 9.17) is 4.74 Å². The predicted molar refractivity (Wildman–Crippen MR) is 115 cm³/mol. The first-order valence-corrected chi connectivity index (χ1v) is 8.59. The van der Waals surface area contributed by atoms with Crippen LogP contribution in [0.2, 0.25) is 0 Å². The molecule has 2 rings (SSSR count). The fourth-order valence-corrected chi connectivity index (χ4v) is 2.98. The van der Waals surface area contributed by atoms with Gasteiger partial charge in [0.2, 0.25) is 0 Å². The van der Waals surface area contributed by atoms with Gasteiger partial charge in [-0.05, 0) is 32.1 Å². The van der Waals surface area contributed by atoms with Crippen LogP contribution in [-0.2, 0) is 6.42 Å². The van der Waals surface area contributed by atoms with Gasteiger partial charge in [0.05, 0.1) is 7.11 Å². The van der Waals surface area contributed by atoms with Crippen molar-refractivity contribution in [3.8, 4) is 5.75 Å². The predicted octanol–water partition coefficient (Wildman–Crippen LogP) is 1.27. The van der Waals surface area contributed by atoms with Crippen molar-refractivity contribution in [2.75, 3.05) is 61.0 Å². The number of nitrogens with one attached hydrogen (secondary N) is 2. The van der Waals surface area contributed by atoms with Crippen LogP contribution in [0.25, 0.3) is 0 Å². The molecule has 25 heavy (non-hydrogen) atoms. The molecule has 1 aliphatic heterocycles. The minimum Gasteiger partial charge on any atom is -0.496 e. The van der Waals surface area contributed by atoms with Crippen LogP contribution in [0.1, 0.15) is 5.56 Å². The molecular weight excluding hydrogens is 429 g/mol. The molecule has 7 heteroatoms. The highest BCUT2D eigenvalue weighted by Gasteiger charge is 2.21. The average Bonchev–Trinajstić information content (AvgIpc) is 2.61. The smallest absolute Gasteiger partial charge is 0.191 e. The number of ether oxygens (including phenoxy) is 1. The summed E-state index contributed by atoms with van der Waals surface area (Å²) in [5, 5.41) is 6.83. The zero-order chi connectivity index (χ0) is 17.4. The number of piperazine rings is 1. The number of hydrogen-bond donors (Lipinski definition) is 2. The maximum absolute atomic E-state index is 5.39. The number of rotatable bonds is 6. The van der Waals surface area contributed by atoms with Crippen LogP contribution in [0.15, 0.2) is 29.3 Å². The summed E-state index contributed by atoms with van der Waals surface area (Å²) in [7, 11) is 7.90. The van der Waals surface area contributed by atoms with E-state index >= 15 is 0 Å². The molecule has 2 N–H and O–H groups in total. The van der Waals surface area contributed by atoms with Crippen molar-refractivity contribution >= 4 is 29.9 Å². The van der Waals surface area contributed by atoms with Crippen LogP contribution in [0.3, 0.4) is 0 Å². The molecule has 1 saturated heterocycles. The third kappa shape index (κ3) is 6.99. The van der Waals surface area contributed by atoms with Gasteiger partial charge in [-0.1, -0.05) is 18.2 Å². The van der Waals surface area contributed by atoms with Gasteiger partial charge in [-0.15, -0.1) is 24.0 Å². The van der Waals surface area contributed by atoms with Gasteiger partial charge in [0.15, 0.2) is 5.96 Å². The summed E-state index contributed by atoms with van der Waals surface area (Å²) in [4.78, 5) is 9.11. The van der Waals surface area contributed by atoms with Crippen molar-refractivity contribution in [1.29, 1.82) is 0 Å². The summed E-state index contributed by atoms with van der Waals surface area (Å²) in [5.41, 5.74) is 1.21. The largest absolute Gasteiger partial charge is 0.496 e. The summed E-state index contributed by atoms with van der Waals surface area (Å²) in [6.45, 7) is 5.05. The molecule has 1 unspecified atom stereocenters. The summed E-state index contributed by atoms with van der Waals surface area (Å²) in [6.07, 6.45) is 0.900. The Labute approximate surface area is 169 Å². The molecule has 0 aliphatic carbocycles. The van der Waals surface area contributed by atoms with Crippen LogP contribution < -0.4 is 15.4 Å². The molecule has 0 amide bonds. The SMILES string of the molecule is CN=C(NCCc1ccccc1OC)NCC1CN(C)CCN1C.I. The third-order valence-electron chi connectivity index (χ3n) is 4.59. The number of benzene rings is 1. The van der Waals surface area contributed by atoms with Gasteiger partial charge in [0.1, 0.15) is 5.75 Å². The number of methoxy groups -OCH3 is 1. The van der Waals surface area contributed by atoms with Crippen LogP contribution in [0.5, 0.6) is 5.75 Å². The Kier molecular flexibility index (Phi) is 10.1. The molecule has 6 nitrogen and oxygen atoms in total. The molecular formula is C18H32IN5O. The lowest BCUT2D eigenvalue weighted by molar-refractivity contribution is 0.116. The van der Waals surface area contributed by atoms with Crippen molar-refractivity contribution in [3.05, 3.63) is 29.8 Å². The average molecular weight is 461 g/mol. The Bertz CT molecular complexity index is 540. The lowest BCUT2D eigenvalue weighted by Crippen LogP contribution is -2.55. The highest BCUT2D eigenvalue weighted by atomic mass is 127. The van der Waals surface area contributed by atoms with E-state index in [0.29, 0.717) is 6.04 Å². The minimum atomic E-state index is 0.